The van der Waals surface area contributed by atoms with Crippen molar-refractivity contribution in [1.29, 1.82) is 0 Å². The Kier molecular flexibility index (Phi) is 4.21. The molecule has 0 aliphatic carbocycles. The van der Waals surface area contributed by atoms with E-state index in [4.69, 9.17) is 4.74 Å². The summed E-state index contributed by atoms with van der Waals surface area (Å²) in [6.45, 7) is 6.06. The zero-order chi connectivity index (χ0) is 12.1. The largest absolute Gasteiger partial charge is 0.496 e. The molecular formula is C15H21NO. The Labute approximate surface area is 104 Å². The van der Waals surface area contributed by atoms with Crippen molar-refractivity contribution in [3.8, 4) is 0 Å². The van der Waals surface area contributed by atoms with Crippen LogP contribution >= 0.6 is 0 Å². The first-order chi connectivity index (χ1) is 8.29. The zero-order valence-electron chi connectivity index (χ0n) is 10.7. The lowest BCUT2D eigenvalue weighted by atomic mass is 10.0. The number of hydrogen-bond acceptors (Lipinski definition) is 2. The Balaban J connectivity index is 2.04. The Morgan fingerprint density at radius 3 is 2.65 bits per heavy atom. The van der Waals surface area contributed by atoms with E-state index < -0.39 is 0 Å². The highest BCUT2D eigenvalue weighted by molar-refractivity contribution is 5.24. The average Bonchev–Trinajstić information content (AvgIpc) is 2.85. The fourth-order valence-electron chi connectivity index (χ4n) is 2.16. The fraction of sp³-hybridized carbons (Fsp3) is 0.467. The van der Waals surface area contributed by atoms with Crippen molar-refractivity contribution in [1.82, 2.24) is 5.32 Å². The van der Waals surface area contributed by atoms with E-state index in [0.717, 1.165) is 31.8 Å². The first-order valence-electron chi connectivity index (χ1n) is 6.41. The normalized spacial score (nSPS) is 16.5. The smallest absolute Gasteiger partial charge is 0.109 e. The van der Waals surface area contributed by atoms with Gasteiger partial charge in [0.05, 0.1) is 12.6 Å². The second-order valence-electron chi connectivity index (χ2n) is 4.54. The van der Waals surface area contributed by atoms with Gasteiger partial charge in [-0.1, -0.05) is 36.8 Å². The summed E-state index contributed by atoms with van der Waals surface area (Å²) in [7, 11) is 0. The second-order valence-corrected chi connectivity index (χ2v) is 4.54. The second kappa shape index (κ2) is 5.87. The summed E-state index contributed by atoms with van der Waals surface area (Å²) in [5.74, 6) is 1.12. The summed E-state index contributed by atoms with van der Waals surface area (Å²) < 4.78 is 5.66. The Morgan fingerprint density at radius 2 is 2.06 bits per heavy atom. The molecule has 1 unspecified atom stereocenters. The molecule has 0 radical (unpaired) electrons. The summed E-state index contributed by atoms with van der Waals surface area (Å²) in [6.07, 6.45) is 4.26. The molecule has 1 heterocycles. The summed E-state index contributed by atoms with van der Waals surface area (Å²) in [6, 6.07) is 9.07. The van der Waals surface area contributed by atoms with Crippen LogP contribution in [0.15, 0.2) is 36.1 Å². The number of hydrogen-bond donors (Lipinski definition) is 1. The van der Waals surface area contributed by atoms with Crippen molar-refractivity contribution in [2.45, 2.75) is 32.7 Å². The molecule has 1 aliphatic heterocycles. The van der Waals surface area contributed by atoms with Gasteiger partial charge in [-0.05, 0) is 31.5 Å². The van der Waals surface area contributed by atoms with Gasteiger partial charge in [0.2, 0.25) is 0 Å². The maximum atomic E-state index is 5.66. The van der Waals surface area contributed by atoms with Gasteiger partial charge in [0, 0.05) is 6.42 Å². The number of benzene rings is 1. The lowest BCUT2D eigenvalue weighted by Crippen LogP contribution is -2.33. The van der Waals surface area contributed by atoms with E-state index in [2.05, 4.69) is 49.5 Å². The molecule has 1 N–H and O–H groups in total. The van der Waals surface area contributed by atoms with Crippen LogP contribution in [0.1, 0.15) is 24.5 Å². The quantitative estimate of drug-likeness (QED) is 0.841. The van der Waals surface area contributed by atoms with Crippen molar-refractivity contribution in [3.63, 3.8) is 0 Å². The Hall–Kier alpha value is -1.28. The summed E-state index contributed by atoms with van der Waals surface area (Å²) >= 11 is 0. The molecule has 1 atom stereocenters. The summed E-state index contributed by atoms with van der Waals surface area (Å²) in [5.41, 5.74) is 2.67. The van der Waals surface area contributed by atoms with Gasteiger partial charge in [-0.2, -0.15) is 0 Å². The predicted molar refractivity (Wildman–Crippen MR) is 71.0 cm³/mol. The molecule has 1 aliphatic rings. The molecule has 0 spiro atoms. The van der Waals surface area contributed by atoms with Crippen LogP contribution in [0.2, 0.25) is 0 Å². The van der Waals surface area contributed by atoms with Crippen molar-refractivity contribution in [2.75, 3.05) is 13.2 Å². The lowest BCUT2D eigenvalue weighted by molar-refractivity contribution is 0.215. The lowest BCUT2D eigenvalue weighted by Gasteiger charge is -2.19. The van der Waals surface area contributed by atoms with E-state index in [1.54, 1.807) is 0 Å². The van der Waals surface area contributed by atoms with E-state index >= 15 is 0 Å². The highest BCUT2D eigenvalue weighted by Crippen LogP contribution is 2.17. The van der Waals surface area contributed by atoms with Crippen molar-refractivity contribution in [2.24, 2.45) is 0 Å². The molecule has 0 saturated heterocycles. The van der Waals surface area contributed by atoms with E-state index in [1.807, 2.05) is 0 Å². The van der Waals surface area contributed by atoms with Crippen LogP contribution in [0.5, 0.6) is 0 Å². The number of aryl methyl sites for hydroxylation is 1. The van der Waals surface area contributed by atoms with Gasteiger partial charge in [-0.25, -0.2) is 0 Å². The molecule has 17 heavy (non-hydrogen) atoms. The SMILES string of the molecule is CCNC(Cc1ccc(C)cc1)C1=CCCO1. The van der Waals surface area contributed by atoms with Gasteiger partial charge in [-0.3, -0.25) is 0 Å². The fourth-order valence-corrected chi connectivity index (χ4v) is 2.16. The molecule has 2 rings (SSSR count). The van der Waals surface area contributed by atoms with Gasteiger partial charge in [-0.15, -0.1) is 0 Å². The van der Waals surface area contributed by atoms with Gasteiger partial charge in [0.15, 0.2) is 0 Å². The number of nitrogens with one attached hydrogen (secondary N) is 1. The highest BCUT2D eigenvalue weighted by Gasteiger charge is 2.18. The third-order valence-electron chi connectivity index (χ3n) is 3.09. The minimum Gasteiger partial charge on any atom is -0.496 e. The predicted octanol–water partition coefficient (Wildman–Crippen LogP) is 2.82. The Bertz CT molecular complexity index is 380. The molecule has 2 heteroatoms. The minimum atomic E-state index is 0.324. The van der Waals surface area contributed by atoms with Crippen molar-refractivity contribution < 1.29 is 4.74 Å². The highest BCUT2D eigenvalue weighted by atomic mass is 16.5. The molecule has 1 aromatic rings. The zero-order valence-corrected chi connectivity index (χ0v) is 10.7. The number of likely N-dealkylation sites (N-methyl/N-ethyl adjacent to an activating group) is 1. The molecule has 0 saturated carbocycles. The van der Waals surface area contributed by atoms with E-state index in [0.29, 0.717) is 6.04 Å². The van der Waals surface area contributed by atoms with Crippen LogP contribution in [0.4, 0.5) is 0 Å². The maximum Gasteiger partial charge on any atom is 0.109 e. The molecule has 1 aromatic carbocycles. The van der Waals surface area contributed by atoms with Crippen LogP contribution in [0, 0.1) is 6.92 Å². The van der Waals surface area contributed by atoms with Crippen LogP contribution in [0.3, 0.4) is 0 Å². The average molecular weight is 231 g/mol. The van der Waals surface area contributed by atoms with Crippen LogP contribution in [-0.2, 0) is 11.2 Å². The first-order valence-corrected chi connectivity index (χ1v) is 6.41. The van der Waals surface area contributed by atoms with Crippen LogP contribution in [-0.4, -0.2) is 19.2 Å². The third kappa shape index (κ3) is 3.34. The third-order valence-corrected chi connectivity index (χ3v) is 3.09. The van der Waals surface area contributed by atoms with E-state index in [1.165, 1.54) is 11.1 Å². The molecule has 0 aromatic heterocycles. The van der Waals surface area contributed by atoms with Gasteiger partial charge in [0.25, 0.3) is 0 Å². The summed E-state index contributed by atoms with van der Waals surface area (Å²) in [5, 5.41) is 3.49. The van der Waals surface area contributed by atoms with Gasteiger partial charge >= 0.3 is 0 Å². The van der Waals surface area contributed by atoms with Crippen molar-refractivity contribution in [3.05, 3.63) is 47.2 Å². The molecule has 0 fully saturated rings. The Morgan fingerprint density at radius 1 is 1.29 bits per heavy atom. The van der Waals surface area contributed by atoms with Crippen LogP contribution in [0.25, 0.3) is 0 Å². The molecule has 92 valence electrons. The van der Waals surface area contributed by atoms with Gasteiger partial charge < -0.3 is 10.1 Å². The summed E-state index contributed by atoms with van der Waals surface area (Å²) in [4.78, 5) is 0. The minimum absolute atomic E-state index is 0.324. The number of rotatable bonds is 5. The van der Waals surface area contributed by atoms with Gasteiger partial charge in [0.1, 0.15) is 5.76 Å². The van der Waals surface area contributed by atoms with Crippen LogP contribution < -0.4 is 5.32 Å². The molecular weight excluding hydrogens is 210 g/mol. The molecule has 2 nitrogen and oxygen atoms in total. The molecule has 0 bridgehead atoms. The maximum absolute atomic E-state index is 5.66. The molecule has 0 amide bonds. The monoisotopic (exact) mass is 231 g/mol. The van der Waals surface area contributed by atoms with E-state index in [9.17, 15) is 0 Å². The standard InChI is InChI=1S/C15H21NO/c1-3-16-14(15-5-4-10-17-15)11-13-8-6-12(2)7-9-13/h5-9,14,16H,3-4,10-11H2,1-2H3. The first kappa shape index (κ1) is 12.2. The number of ether oxygens (including phenoxy) is 1. The van der Waals surface area contributed by atoms with E-state index in [-0.39, 0.29) is 0 Å². The van der Waals surface area contributed by atoms with Crippen molar-refractivity contribution >= 4 is 0 Å². The topological polar surface area (TPSA) is 21.3 Å².